The summed E-state index contributed by atoms with van der Waals surface area (Å²) >= 11 is 0. The second-order valence-electron chi connectivity index (χ2n) is 6.78. The summed E-state index contributed by atoms with van der Waals surface area (Å²) in [5, 5.41) is 2.79. The number of allylic oxidation sites excluding steroid dienone is 1. The first-order chi connectivity index (χ1) is 14.4. The lowest BCUT2D eigenvalue weighted by atomic mass is 10.00. The quantitative estimate of drug-likeness (QED) is 0.544. The maximum absolute atomic E-state index is 13.4. The monoisotopic (exact) mass is 418 g/mol. The minimum Gasteiger partial charge on any atom is -0.455 e. The number of aryl methyl sites for hydroxylation is 1. The number of hydrogen-bond acceptors (Lipinski definition) is 5. The number of nitrogens with one attached hydrogen (secondary N) is 1. The summed E-state index contributed by atoms with van der Waals surface area (Å²) in [6.07, 6.45) is 3.01. The van der Waals surface area contributed by atoms with E-state index in [-0.39, 0.29) is 18.7 Å². The van der Waals surface area contributed by atoms with Gasteiger partial charge in [-0.2, -0.15) is 0 Å². The molecule has 1 aromatic heterocycles. The Bertz CT molecular complexity index is 951. The molecule has 0 aliphatic carbocycles. The average Bonchev–Trinajstić information content (AvgIpc) is 3.18. The van der Waals surface area contributed by atoms with E-state index in [1.165, 1.54) is 12.3 Å². The van der Waals surface area contributed by atoms with Gasteiger partial charge in [0, 0.05) is 31.6 Å². The van der Waals surface area contributed by atoms with Gasteiger partial charge in [-0.15, -0.1) is 0 Å². The average molecular weight is 418 g/mol. The van der Waals surface area contributed by atoms with Gasteiger partial charge in [-0.1, -0.05) is 19.9 Å². The van der Waals surface area contributed by atoms with Crippen molar-refractivity contribution in [1.29, 1.82) is 0 Å². The van der Waals surface area contributed by atoms with Crippen LogP contribution >= 0.6 is 0 Å². The van der Waals surface area contributed by atoms with Crippen LogP contribution < -0.4 is 16.8 Å². The zero-order valence-electron chi connectivity index (χ0n) is 17.5. The van der Waals surface area contributed by atoms with Crippen LogP contribution in [0.5, 0.6) is 0 Å². The van der Waals surface area contributed by atoms with Crippen LogP contribution in [0, 0.1) is 11.6 Å². The van der Waals surface area contributed by atoms with E-state index in [0.29, 0.717) is 35.4 Å². The first kappa shape index (κ1) is 23.3. The van der Waals surface area contributed by atoms with Crippen molar-refractivity contribution in [3.8, 4) is 0 Å². The molecule has 2 rings (SSSR count). The van der Waals surface area contributed by atoms with E-state index < -0.39 is 23.6 Å². The Balaban J connectivity index is 2.23. The van der Waals surface area contributed by atoms with Crippen molar-refractivity contribution in [3.05, 3.63) is 70.3 Å². The Labute approximate surface area is 175 Å². The van der Waals surface area contributed by atoms with Crippen LogP contribution in [0.25, 0.3) is 0 Å². The number of hydrogen-bond donors (Lipinski definition) is 3. The highest BCUT2D eigenvalue weighted by Crippen LogP contribution is 2.22. The topological polar surface area (TPSA) is 107 Å². The minimum atomic E-state index is -0.941. The van der Waals surface area contributed by atoms with Crippen LogP contribution in [0.4, 0.5) is 8.78 Å². The predicted molar refractivity (Wildman–Crippen MR) is 113 cm³/mol. The van der Waals surface area contributed by atoms with Gasteiger partial charge in [-0.05, 0) is 48.4 Å². The molecule has 0 radical (unpaired) electrons. The van der Waals surface area contributed by atoms with Gasteiger partial charge in [0.1, 0.15) is 5.76 Å². The van der Waals surface area contributed by atoms with Crippen LogP contribution in [0.1, 0.15) is 47.7 Å². The number of rotatable bonds is 9. The number of amides is 1. The van der Waals surface area contributed by atoms with E-state index in [1.54, 1.807) is 13.1 Å². The highest BCUT2D eigenvalue weighted by Gasteiger charge is 2.22. The summed E-state index contributed by atoms with van der Waals surface area (Å²) < 4.78 is 32.3. The number of nitrogens with two attached hydrogens (primary N) is 2. The zero-order chi connectivity index (χ0) is 22.3. The van der Waals surface area contributed by atoms with Crippen molar-refractivity contribution in [1.82, 2.24) is 5.32 Å². The number of nitrogens with zero attached hydrogens (tertiary/aromatic N) is 1. The molecule has 0 spiro atoms. The molecule has 8 heteroatoms. The van der Waals surface area contributed by atoms with Crippen molar-refractivity contribution in [2.24, 2.45) is 16.5 Å². The summed E-state index contributed by atoms with van der Waals surface area (Å²) in [5.41, 5.74) is 14.3. The predicted octanol–water partition coefficient (Wildman–Crippen LogP) is 3.09. The zero-order valence-corrected chi connectivity index (χ0v) is 17.5. The van der Waals surface area contributed by atoms with E-state index in [2.05, 4.69) is 10.3 Å². The fourth-order valence-electron chi connectivity index (χ4n) is 3.21. The number of furan rings is 1. The highest BCUT2D eigenvalue weighted by molar-refractivity contribution is 6.14. The second kappa shape index (κ2) is 10.7. The fraction of sp³-hybridized carbons (Fsp3) is 0.364. The Hall–Kier alpha value is -3.00. The molecular formula is C22H28F2N4O2. The van der Waals surface area contributed by atoms with Gasteiger partial charge in [0.25, 0.3) is 5.91 Å². The molecule has 1 aromatic carbocycles. The van der Waals surface area contributed by atoms with Gasteiger partial charge in [0.15, 0.2) is 17.4 Å². The molecule has 0 saturated heterocycles. The third kappa shape index (κ3) is 5.33. The second-order valence-corrected chi connectivity index (χ2v) is 6.78. The van der Waals surface area contributed by atoms with Gasteiger partial charge >= 0.3 is 0 Å². The van der Waals surface area contributed by atoms with Crippen LogP contribution in [-0.2, 0) is 12.8 Å². The summed E-state index contributed by atoms with van der Waals surface area (Å²) in [6.45, 7) is 4.00. The molecule has 0 bridgehead atoms. The van der Waals surface area contributed by atoms with Crippen molar-refractivity contribution in [3.63, 3.8) is 0 Å². The maximum atomic E-state index is 13.4. The fourth-order valence-corrected chi connectivity index (χ4v) is 3.21. The largest absolute Gasteiger partial charge is 0.455 e. The number of halogens is 2. The lowest BCUT2D eigenvalue weighted by molar-refractivity contribution is 0.0908. The van der Waals surface area contributed by atoms with Crippen LogP contribution in [0.3, 0.4) is 0 Å². The lowest BCUT2D eigenvalue weighted by Gasteiger charge is -2.16. The molecular weight excluding hydrogens is 390 g/mol. The molecule has 1 heterocycles. The Morgan fingerprint density at radius 1 is 1.27 bits per heavy atom. The molecule has 0 aliphatic rings. The third-order valence-electron chi connectivity index (χ3n) is 4.80. The Kier molecular flexibility index (Phi) is 8.29. The molecule has 0 saturated carbocycles. The number of benzene rings is 1. The Morgan fingerprint density at radius 2 is 2.00 bits per heavy atom. The van der Waals surface area contributed by atoms with E-state index >= 15 is 0 Å². The SMILES string of the molecule is CCC(=CN)C(=NC)c1cc(C(=O)NC(CN)Cc2ccc(F)c(F)c2)oc1CC. The lowest BCUT2D eigenvalue weighted by Crippen LogP contribution is -2.41. The highest BCUT2D eigenvalue weighted by atomic mass is 19.2. The summed E-state index contributed by atoms with van der Waals surface area (Å²) in [4.78, 5) is 17.1. The molecule has 6 nitrogen and oxygen atoms in total. The van der Waals surface area contributed by atoms with Gasteiger partial charge < -0.3 is 21.2 Å². The smallest absolute Gasteiger partial charge is 0.287 e. The Morgan fingerprint density at radius 3 is 2.53 bits per heavy atom. The standard InChI is InChI=1S/C22H28F2N4O2/c1-4-14(11-25)21(27-3)16-10-20(30-19(16)5-2)22(29)28-15(12-26)8-13-6-7-17(23)18(24)9-13/h6-7,9-11,15H,4-5,8,12,25-26H2,1-3H3,(H,28,29). The van der Waals surface area contributed by atoms with E-state index in [0.717, 1.165) is 17.7 Å². The van der Waals surface area contributed by atoms with Gasteiger partial charge in [-0.25, -0.2) is 8.78 Å². The third-order valence-corrected chi connectivity index (χ3v) is 4.80. The first-order valence-corrected chi connectivity index (χ1v) is 9.84. The van der Waals surface area contributed by atoms with Crippen molar-refractivity contribution < 1.29 is 18.0 Å². The van der Waals surface area contributed by atoms with Crippen molar-refractivity contribution >= 4 is 11.6 Å². The number of carbonyl (C=O) groups excluding carboxylic acids is 1. The van der Waals surface area contributed by atoms with Crippen LogP contribution in [-0.4, -0.2) is 31.3 Å². The van der Waals surface area contributed by atoms with Crippen molar-refractivity contribution in [2.75, 3.05) is 13.6 Å². The summed E-state index contributed by atoms with van der Waals surface area (Å²) in [5.74, 6) is -1.56. The number of carbonyl (C=O) groups is 1. The summed E-state index contributed by atoms with van der Waals surface area (Å²) in [7, 11) is 1.66. The van der Waals surface area contributed by atoms with Gasteiger partial charge in [0.2, 0.25) is 0 Å². The maximum Gasteiger partial charge on any atom is 0.287 e. The molecule has 0 fully saturated rings. The molecule has 0 aliphatic heterocycles. The van der Waals surface area contributed by atoms with Crippen LogP contribution in [0.2, 0.25) is 0 Å². The van der Waals surface area contributed by atoms with E-state index in [1.807, 2.05) is 13.8 Å². The van der Waals surface area contributed by atoms with E-state index in [9.17, 15) is 13.6 Å². The van der Waals surface area contributed by atoms with E-state index in [4.69, 9.17) is 15.9 Å². The number of aliphatic imine (C=N–C) groups is 1. The normalized spacial score (nSPS) is 13.4. The van der Waals surface area contributed by atoms with Crippen LogP contribution in [0.15, 0.2) is 45.4 Å². The molecule has 1 amide bonds. The molecule has 30 heavy (non-hydrogen) atoms. The first-order valence-electron chi connectivity index (χ1n) is 9.84. The van der Waals surface area contributed by atoms with Crippen molar-refractivity contribution in [2.45, 2.75) is 39.2 Å². The van der Waals surface area contributed by atoms with Gasteiger partial charge in [0.05, 0.1) is 5.71 Å². The molecule has 5 N–H and O–H groups in total. The molecule has 1 atom stereocenters. The van der Waals surface area contributed by atoms with Gasteiger partial charge in [-0.3, -0.25) is 9.79 Å². The minimum absolute atomic E-state index is 0.122. The molecule has 1 unspecified atom stereocenters. The summed E-state index contributed by atoms with van der Waals surface area (Å²) in [6, 6.07) is 4.77. The molecule has 2 aromatic rings. The molecule has 162 valence electrons.